The summed E-state index contributed by atoms with van der Waals surface area (Å²) in [5.74, 6) is 0. The van der Waals surface area contributed by atoms with E-state index in [1.54, 1.807) is 24.3 Å². The fraction of sp³-hybridized carbons (Fsp3) is 0.0769. The minimum Gasteiger partial charge on any atom is -0.270 e. The smallest absolute Gasteiger partial charge is 0.270 e. The maximum Gasteiger partial charge on any atom is 0.303 e. The van der Waals surface area contributed by atoms with Gasteiger partial charge < -0.3 is 0 Å². The Morgan fingerprint density at radius 1 is 1.05 bits per heavy atom. The number of nitro groups is 1. The lowest BCUT2D eigenvalue weighted by Gasteiger charge is -2.06. The highest BCUT2D eigenvalue weighted by Crippen LogP contribution is 2.30. The van der Waals surface area contributed by atoms with Crippen molar-refractivity contribution in [2.24, 2.45) is 0 Å². The van der Waals surface area contributed by atoms with E-state index in [1.807, 2.05) is 6.07 Å². The minimum absolute atomic E-state index is 0.454. The van der Waals surface area contributed by atoms with Gasteiger partial charge >= 0.3 is 10.1 Å². The summed E-state index contributed by atoms with van der Waals surface area (Å²) < 4.78 is 27.6. The van der Waals surface area contributed by atoms with Gasteiger partial charge in [0.1, 0.15) is 0 Å². The minimum atomic E-state index is -4.11. The molecule has 0 aliphatic heterocycles. The second-order valence-electron chi connectivity index (χ2n) is 3.93. The number of nitrogens with zero attached hydrogens (tertiary/aromatic N) is 1. The highest BCUT2D eigenvalue weighted by Gasteiger charge is 2.26. The molecule has 7 heteroatoms. The highest BCUT2D eigenvalue weighted by atomic mass is 32.2. The van der Waals surface area contributed by atoms with Crippen LogP contribution >= 0.6 is 0 Å². The van der Waals surface area contributed by atoms with Crippen LogP contribution in [0, 0.1) is 10.1 Å². The Balaban J connectivity index is 2.63. The molecule has 0 bridgehead atoms. The quantitative estimate of drug-likeness (QED) is 0.491. The first kappa shape index (κ1) is 14.2. The molecule has 0 saturated carbocycles. The molecule has 0 aromatic heterocycles. The van der Waals surface area contributed by atoms with Gasteiger partial charge in [0.25, 0.3) is 5.69 Å². The highest BCUT2D eigenvalue weighted by molar-refractivity contribution is 7.86. The second-order valence-corrected chi connectivity index (χ2v) is 5.61. The molecule has 20 heavy (non-hydrogen) atoms. The molecular weight excluding hydrogens is 282 g/mol. The lowest BCUT2D eigenvalue weighted by Crippen LogP contribution is -2.06. The largest absolute Gasteiger partial charge is 0.303 e. The van der Waals surface area contributed by atoms with Gasteiger partial charge in [0.2, 0.25) is 0 Å². The van der Waals surface area contributed by atoms with Gasteiger partial charge in [-0.2, -0.15) is 8.42 Å². The number of hydrogen-bond donors (Lipinski definition) is 0. The van der Waals surface area contributed by atoms with Gasteiger partial charge in [0.05, 0.1) is 12.0 Å². The van der Waals surface area contributed by atoms with Crippen LogP contribution in [0.25, 0.3) is 11.1 Å². The Bertz CT molecular complexity index is 741. The van der Waals surface area contributed by atoms with E-state index in [4.69, 9.17) is 0 Å². The lowest BCUT2D eigenvalue weighted by molar-refractivity contribution is -0.387. The Morgan fingerprint density at radius 2 is 1.70 bits per heavy atom. The van der Waals surface area contributed by atoms with Gasteiger partial charge in [-0.15, -0.1) is 0 Å². The van der Waals surface area contributed by atoms with E-state index in [-0.39, 0.29) is 0 Å². The van der Waals surface area contributed by atoms with Gasteiger partial charge in [0, 0.05) is 6.07 Å². The molecule has 2 aromatic carbocycles. The standard InChI is InChI=1S/C13H11NO5S/c1-19-20(17,18)13-8-7-11(9-12(13)14(15)16)10-5-3-2-4-6-10/h2-9H,1H3. The summed E-state index contributed by atoms with van der Waals surface area (Å²) in [5, 5.41) is 11.1. The van der Waals surface area contributed by atoms with Gasteiger partial charge in [0.15, 0.2) is 4.90 Å². The van der Waals surface area contributed by atoms with Gasteiger partial charge in [-0.05, 0) is 17.2 Å². The van der Waals surface area contributed by atoms with Gasteiger partial charge in [-0.25, -0.2) is 0 Å². The van der Waals surface area contributed by atoms with E-state index >= 15 is 0 Å². The van der Waals surface area contributed by atoms with Crippen LogP contribution in [0.5, 0.6) is 0 Å². The predicted octanol–water partition coefficient (Wildman–Crippen LogP) is 2.60. The average molecular weight is 293 g/mol. The Labute approximate surface area is 115 Å². The van der Waals surface area contributed by atoms with E-state index in [0.29, 0.717) is 5.56 Å². The molecule has 0 unspecified atom stereocenters. The molecule has 0 atom stereocenters. The number of benzene rings is 2. The summed E-state index contributed by atoms with van der Waals surface area (Å²) in [6, 6.07) is 12.9. The lowest BCUT2D eigenvalue weighted by atomic mass is 10.1. The van der Waals surface area contributed by atoms with Crippen LogP contribution in [0.1, 0.15) is 0 Å². The van der Waals surface area contributed by atoms with E-state index in [0.717, 1.165) is 12.7 Å². The molecule has 104 valence electrons. The van der Waals surface area contributed by atoms with Crippen molar-refractivity contribution in [2.75, 3.05) is 7.11 Å². The van der Waals surface area contributed by atoms with Gasteiger partial charge in [-0.1, -0.05) is 36.4 Å². The molecule has 0 amide bonds. The zero-order chi connectivity index (χ0) is 14.8. The van der Waals surface area contributed by atoms with Crippen molar-refractivity contribution in [1.82, 2.24) is 0 Å². The Kier molecular flexibility index (Phi) is 3.82. The van der Waals surface area contributed by atoms with Crippen LogP contribution in [0.2, 0.25) is 0 Å². The summed E-state index contributed by atoms with van der Waals surface area (Å²) in [6.45, 7) is 0. The van der Waals surface area contributed by atoms with Gasteiger partial charge in [-0.3, -0.25) is 14.3 Å². The third-order valence-electron chi connectivity index (χ3n) is 2.75. The van der Waals surface area contributed by atoms with Crippen LogP contribution in [0.15, 0.2) is 53.4 Å². The molecule has 0 aliphatic rings. The van der Waals surface area contributed by atoms with Crippen LogP contribution in [0.3, 0.4) is 0 Å². The summed E-state index contributed by atoms with van der Waals surface area (Å²) in [4.78, 5) is 9.86. The number of hydrogen-bond acceptors (Lipinski definition) is 5. The summed E-state index contributed by atoms with van der Waals surface area (Å²) in [7, 11) is -3.15. The van der Waals surface area contributed by atoms with Crippen molar-refractivity contribution in [3.63, 3.8) is 0 Å². The third kappa shape index (κ3) is 2.68. The molecule has 2 aromatic rings. The average Bonchev–Trinajstić information content (AvgIpc) is 2.47. The molecular formula is C13H11NO5S. The molecule has 6 nitrogen and oxygen atoms in total. The van der Waals surface area contributed by atoms with Crippen LogP contribution < -0.4 is 0 Å². The Morgan fingerprint density at radius 3 is 2.25 bits per heavy atom. The number of nitro benzene ring substituents is 1. The van der Waals surface area contributed by atoms with E-state index in [2.05, 4.69) is 4.18 Å². The summed E-state index contributed by atoms with van der Waals surface area (Å²) >= 11 is 0. The first-order valence-electron chi connectivity index (χ1n) is 5.60. The van der Waals surface area contributed by atoms with Crippen LogP contribution in [-0.2, 0) is 14.3 Å². The molecule has 0 heterocycles. The summed E-state index contributed by atoms with van der Waals surface area (Å²) in [6.07, 6.45) is 0. The van der Waals surface area contributed by atoms with Crippen molar-refractivity contribution in [3.8, 4) is 11.1 Å². The van der Waals surface area contributed by atoms with Crippen molar-refractivity contribution >= 4 is 15.8 Å². The van der Waals surface area contributed by atoms with E-state index < -0.39 is 25.6 Å². The maximum absolute atomic E-state index is 11.6. The summed E-state index contributed by atoms with van der Waals surface area (Å²) in [5.41, 5.74) is 0.817. The molecule has 0 aliphatic carbocycles. The molecule has 0 saturated heterocycles. The fourth-order valence-corrected chi connectivity index (χ4v) is 2.58. The SMILES string of the molecule is COS(=O)(=O)c1ccc(-c2ccccc2)cc1[N+](=O)[O-]. The first-order chi connectivity index (χ1) is 9.45. The van der Waals surface area contributed by atoms with Crippen molar-refractivity contribution in [1.29, 1.82) is 0 Å². The second kappa shape index (κ2) is 5.40. The van der Waals surface area contributed by atoms with E-state index in [1.165, 1.54) is 18.2 Å². The van der Waals surface area contributed by atoms with Crippen molar-refractivity contribution in [3.05, 3.63) is 58.6 Å². The molecule has 0 radical (unpaired) electrons. The molecule has 0 fully saturated rings. The van der Waals surface area contributed by atoms with Crippen molar-refractivity contribution in [2.45, 2.75) is 4.90 Å². The zero-order valence-electron chi connectivity index (χ0n) is 10.5. The third-order valence-corrected chi connectivity index (χ3v) is 4.07. The van der Waals surface area contributed by atoms with E-state index in [9.17, 15) is 18.5 Å². The molecule has 2 rings (SSSR count). The molecule has 0 spiro atoms. The Hall–Kier alpha value is -2.25. The van der Waals surface area contributed by atoms with Crippen molar-refractivity contribution < 1.29 is 17.5 Å². The topological polar surface area (TPSA) is 86.5 Å². The first-order valence-corrected chi connectivity index (χ1v) is 7.01. The predicted molar refractivity (Wildman–Crippen MR) is 72.7 cm³/mol. The fourth-order valence-electron chi connectivity index (χ4n) is 1.77. The monoisotopic (exact) mass is 293 g/mol. The van der Waals surface area contributed by atoms with Crippen LogP contribution in [0.4, 0.5) is 5.69 Å². The normalized spacial score (nSPS) is 11.2. The molecule has 0 N–H and O–H groups in total. The number of rotatable bonds is 4. The zero-order valence-corrected chi connectivity index (χ0v) is 11.3. The van der Waals surface area contributed by atoms with Crippen LogP contribution in [-0.4, -0.2) is 20.5 Å². The maximum atomic E-state index is 11.6.